The van der Waals surface area contributed by atoms with E-state index in [4.69, 9.17) is 0 Å². The largest absolute Gasteiger partial charge is 0.310 e. The molecule has 0 saturated carbocycles. The van der Waals surface area contributed by atoms with Crippen molar-refractivity contribution in [1.29, 1.82) is 0 Å². The lowest BCUT2D eigenvalue weighted by atomic mass is 10.1. The van der Waals surface area contributed by atoms with Crippen LogP contribution in [0.1, 0.15) is 18.1 Å². The van der Waals surface area contributed by atoms with Gasteiger partial charge in [-0.1, -0.05) is 17.7 Å². The van der Waals surface area contributed by atoms with Gasteiger partial charge < -0.3 is 4.90 Å². The fourth-order valence-electron chi connectivity index (χ4n) is 2.95. The molecule has 9 heteroatoms. The Balaban J connectivity index is 2.10. The lowest BCUT2D eigenvalue weighted by Crippen LogP contribution is -2.27. The summed E-state index contributed by atoms with van der Waals surface area (Å²) in [7, 11) is -3.95. The number of carbonyl (C=O) groups excluding carboxylic acids is 1. The molecule has 2 aromatic rings. The topological polar surface area (TPSA) is 110 Å². The molecule has 1 heterocycles. The highest BCUT2D eigenvalue weighted by Gasteiger charge is 2.30. The molecule has 3 rings (SSSR count). The average Bonchev–Trinajstić information content (AvgIpc) is 2.99. The maximum atomic E-state index is 12.7. The lowest BCUT2D eigenvalue weighted by Gasteiger charge is -2.19. The van der Waals surface area contributed by atoms with E-state index in [0.717, 1.165) is 11.6 Å². The van der Waals surface area contributed by atoms with Gasteiger partial charge in [0.15, 0.2) is 0 Å². The van der Waals surface area contributed by atoms with Crippen molar-refractivity contribution in [1.82, 2.24) is 0 Å². The number of non-ortho nitro benzene ring substituents is 1. The fourth-order valence-corrected chi connectivity index (χ4v) is 4.01. The Kier molecular flexibility index (Phi) is 4.41. The first-order valence-corrected chi connectivity index (χ1v) is 9.36. The van der Waals surface area contributed by atoms with Crippen LogP contribution in [0, 0.1) is 17.0 Å². The molecule has 0 atom stereocenters. The molecule has 0 saturated heterocycles. The SMILES string of the molecule is CC(=O)N1CCc2cc([N+](=O)[O-])cc(NS(=O)(=O)c3ccc(C)cc3)c21. The maximum absolute atomic E-state index is 12.7. The van der Waals surface area contributed by atoms with E-state index in [1.54, 1.807) is 12.1 Å². The van der Waals surface area contributed by atoms with Gasteiger partial charge in [0, 0.05) is 25.6 Å². The number of anilines is 2. The van der Waals surface area contributed by atoms with Crippen molar-refractivity contribution in [3.05, 3.63) is 57.6 Å². The molecule has 26 heavy (non-hydrogen) atoms. The third-order valence-corrected chi connectivity index (χ3v) is 5.60. The Morgan fingerprint density at radius 1 is 1.23 bits per heavy atom. The Hall–Kier alpha value is -2.94. The average molecular weight is 375 g/mol. The standard InChI is InChI=1S/C17H17N3O5S/c1-11-3-5-15(6-4-11)26(24,25)18-16-10-14(20(22)23)9-13-7-8-19(12(2)21)17(13)16/h3-6,9-10,18H,7-8H2,1-2H3. The highest BCUT2D eigenvalue weighted by Crippen LogP contribution is 2.40. The van der Waals surface area contributed by atoms with Crippen LogP contribution in [-0.2, 0) is 21.2 Å². The quantitative estimate of drug-likeness (QED) is 0.652. The first-order valence-electron chi connectivity index (χ1n) is 7.88. The van der Waals surface area contributed by atoms with Crippen LogP contribution in [0.4, 0.5) is 17.1 Å². The number of hydrogen-bond acceptors (Lipinski definition) is 5. The van der Waals surface area contributed by atoms with E-state index in [2.05, 4.69) is 4.72 Å². The summed E-state index contributed by atoms with van der Waals surface area (Å²) in [6.07, 6.45) is 0.426. The Bertz CT molecular complexity index is 1000. The van der Waals surface area contributed by atoms with Crippen molar-refractivity contribution in [3.8, 4) is 0 Å². The van der Waals surface area contributed by atoms with Gasteiger partial charge in [-0.05, 0) is 31.0 Å². The molecule has 0 unspecified atom stereocenters. The summed E-state index contributed by atoms with van der Waals surface area (Å²) in [5, 5.41) is 11.2. The van der Waals surface area contributed by atoms with Gasteiger partial charge in [0.1, 0.15) is 0 Å². The van der Waals surface area contributed by atoms with Gasteiger partial charge in [-0.3, -0.25) is 19.6 Å². The van der Waals surface area contributed by atoms with Crippen molar-refractivity contribution in [3.63, 3.8) is 0 Å². The normalized spacial score (nSPS) is 13.4. The zero-order chi connectivity index (χ0) is 19.1. The number of sulfonamides is 1. The minimum atomic E-state index is -3.95. The third-order valence-electron chi connectivity index (χ3n) is 4.21. The van der Waals surface area contributed by atoms with E-state index < -0.39 is 14.9 Å². The zero-order valence-corrected chi connectivity index (χ0v) is 15.0. The van der Waals surface area contributed by atoms with Gasteiger partial charge >= 0.3 is 0 Å². The van der Waals surface area contributed by atoms with Crippen LogP contribution in [0.3, 0.4) is 0 Å². The first-order chi connectivity index (χ1) is 12.2. The lowest BCUT2D eigenvalue weighted by molar-refractivity contribution is -0.384. The predicted molar refractivity (Wildman–Crippen MR) is 96.8 cm³/mol. The number of hydrogen-bond donors (Lipinski definition) is 1. The van der Waals surface area contributed by atoms with Crippen LogP contribution in [0.15, 0.2) is 41.3 Å². The van der Waals surface area contributed by atoms with Crippen LogP contribution in [0.5, 0.6) is 0 Å². The van der Waals surface area contributed by atoms with E-state index in [-0.39, 0.29) is 22.2 Å². The molecule has 136 valence electrons. The van der Waals surface area contributed by atoms with E-state index in [1.807, 2.05) is 6.92 Å². The molecule has 0 spiro atoms. The number of nitrogens with one attached hydrogen (secondary N) is 1. The van der Waals surface area contributed by atoms with E-state index in [1.165, 1.54) is 30.0 Å². The van der Waals surface area contributed by atoms with Crippen molar-refractivity contribution >= 4 is 33.0 Å². The van der Waals surface area contributed by atoms with E-state index in [0.29, 0.717) is 24.2 Å². The van der Waals surface area contributed by atoms with Gasteiger partial charge in [0.05, 0.1) is 21.2 Å². The van der Waals surface area contributed by atoms with E-state index >= 15 is 0 Å². The van der Waals surface area contributed by atoms with Crippen molar-refractivity contribution in [2.24, 2.45) is 0 Å². The van der Waals surface area contributed by atoms with Crippen LogP contribution in [0.2, 0.25) is 0 Å². The number of carbonyl (C=O) groups is 1. The molecule has 2 aromatic carbocycles. The number of nitro groups is 1. The number of fused-ring (bicyclic) bond motifs is 1. The molecule has 8 nitrogen and oxygen atoms in total. The number of aryl methyl sites for hydroxylation is 1. The molecule has 0 fully saturated rings. The summed E-state index contributed by atoms with van der Waals surface area (Å²) in [5.41, 5.74) is 1.65. The van der Waals surface area contributed by atoms with Gasteiger partial charge in [0.2, 0.25) is 5.91 Å². The second kappa shape index (κ2) is 6.41. The zero-order valence-electron chi connectivity index (χ0n) is 14.2. The molecular weight excluding hydrogens is 358 g/mol. The molecule has 1 aliphatic rings. The summed E-state index contributed by atoms with van der Waals surface area (Å²) < 4.78 is 27.8. The second-order valence-electron chi connectivity index (χ2n) is 6.10. The van der Waals surface area contributed by atoms with Gasteiger partial charge in [-0.2, -0.15) is 0 Å². The summed E-state index contributed by atoms with van der Waals surface area (Å²) in [4.78, 5) is 23.9. The molecule has 0 aromatic heterocycles. The Morgan fingerprint density at radius 3 is 2.46 bits per heavy atom. The number of nitro benzene ring substituents is 1. The third kappa shape index (κ3) is 3.25. The number of benzene rings is 2. The summed E-state index contributed by atoms with van der Waals surface area (Å²) in [6.45, 7) is 3.56. The molecule has 0 bridgehead atoms. The number of amides is 1. The monoisotopic (exact) mass is 375 g/mol. The molecular formula is C17H17N3O5S. The number of nitrogens with zero attached hydrogens (tertiary/aromatic N) is 2. The van der Waals surface area contributed by atoms with Gasteiger partial charge in [0.25, 0.3) is 15.7 Å². The highest BCUT2D eigenvalue weighted by molar-refractivity contribution is 7.92. The van der Waals surface area contributed by atoms with Gasteiger partial charge in [-0.25, -0.2) is 8.42 Å². The molecule has 1 aliphatic heterocycles. The minimum Gasteiger partial charge on any atom is -0.310 e. The first kappa shape index (κ1) is 17.9. The Morgan fingerprint density at radius 2 is 1.88 bits per heavy atom. The second-order valence-corrected chi connectivity index (χ2v) is 7.78. The van der Waals surface area contributed by atoms with Crippen molar-refractivity contribution < 1.29 is 18.1 Å². The van der Waals surface area contributed by atoms with Crippen molar-refractivity contribution in [2.75, 3.05) is 16.2 Å². The van der Waals surface area contributed by atoms with Crippen LogP contribution in [-0.4, -0.2) is 25.8 Å². The van der Waals surface area contributed by atoms with Crippen molar-refractivity contribution in [2.45, 2.75) is 25.2 Å². The Labute approximate surface area is 150 Å². The predicted octanol–water partition coefficient (Wildman–Crippen LogP) is 2.61. The smallest absolute Gasteiger partial charge is 0.271 e. The fraction of sp³-hybridized carbons (Fsp3) is 0.235. The summed E-state index contributed by atoms with van der Waals surface area (Å²) >= 11 is 0. The summed E-state index contributed by atoms with van der Waals surface area (Å²) in [5.74, 6) is -0.256. The maximum Gasteiger partial charge on any atom is 0.271 e. The molecule has 1 N–H and O–H groups in total. The highest BCUT2D eigenvalue weighted by atomic mass is 32.2. The molecule has 0 aliphatic carbocycles. The van der Waals surface area contributed by atoms with Gasteiger partial charge in [-0.15, -0.1) is 0 Å². The molecule has 0 radical (unpaired) electrons. The minimum absolute atomic E-state index is 0.0301. The van der Waals surface area contributed by atoms with Crippen LogP contribution < -0.4 is 9.62 Å². The number of rotatable bonds is 4. The van der Waals surface area contributed by atoms with Crippen LogP contribution in [0.25, 0.3) is 0 Å². The van der Waals surface area contributed by atoms with E-state index in [9.17, 15) is 23.3 Å². The molecule has 1 amide bonds. The summed E-state index contributed by atoms with van der Waals surface area (Å²) in [6, 6.07) is 8.76. The van der Waals surface area contributed by atoms with Crippen LogP contribution >= 0.6 is 0 Å².